The minimum absolute atomic E-state index is 0.161. The van der Waals surface area contributed by atoms with Crippen LogP contribution >= 0.6 is 0 Å². The van der Waals surface area contributed by atoms with E-state index in [9.17, 15) is 4.79 Å². The highest BCUT2D eigenvalue weighted by Crippen LogP contribution is 2.23. The van der Waals surface area contributed by atoms with Crippen LogP contribution in [-0.2, 0) is 11.5 Å². The number of carbonyl (C=O) groups is 1. The Hall–Kier alpha value is -2.01. The summed E-state index contributed by atoms with van der Waals surface area (Å²) in [7, 11) is 0. The van der Waals surface area contributed by atoms with Gasteiger partial charge in [-0.3, -0.25) is 4.79 Å². The highest BCUT2D eigenvalue weighted by atomic mass is 16.2. The molecule has 0 radical (unpaired) electrons. The van der Waals surface area contributed by atoms with Crippen molar-refractivity contribution in [2.24, 2.45) is 11.0 Å². The third kappa shape index (κ3) is 2.62. The molecule has 0 bridgehead atoms. The van der Waals surface area contributed by atoms with Gasteiger partial charge >= 0.3 is 0 Å². The smallest absolute Gasteiger partial charge is 0.224 e. The molecule has 18 heavy (non-hydrogen) atoms. The highest BCUT2D eigenvalue weighted by molar-refractivity contribution is 5.78. The number of imidazole rings is 1. The van der Waals surface area contributed by atoms with Gasteiger partial charge in [-0.15, -0.1) is 0 Å². The van der Waals surface area contributed by atoms with Crippen LogP contribution in [0, 0.1) is 5.92 Å². The van der Waals surface area contributed by atoms with Crippen molar-refractivity contribution in [1.82, 2.24) is 14.5 Å². The Morgan fingerprint density at radius 3 is 3.22 bits per heavy atom. The van der Waals surface area contributed by atoms with E-state index in [4.69, 9.17) is 5.53 Å². The molecule has 0 N–H and O–H groups in total. The maximum atomic E-state index is 11.8. The number of nitrogens with zero attached hydrogens (tertiary/aromatic N) is 6. The lowest BCUT2D eigenvalue weighted by Crippen LogP contribution is -2.27. The Balaban J connectivity index is 2.03. The minimum Gasteiger partial charge on any atom is -0.324 e. The average Bonchev–Trinajstić information content (AvgIpc) is 2.89. The van der Waals surface area contributed by atoms with Gasteiger partial charge < -0.3 is 9.47 Å². The van der Waals surface area contributed by atoms with E-state index >= 15 is 0 Å². The number of hydrogen-bond acceptors (Lipinski definition) is 3. The van der Waals surface area contributed by atoms with Crippen LogP contribution in [0.2, 0.25) is 0 Å². The summed E-state index contributed by atoms with van der Waals surface area (Å²) in [6.45, 7) is 3.32. The number of azide groups is 1. The zero-order valence-electron chi connectivity index (χ0n) is 10.4. The second-order valence-electron chi connectivity index (χ2n) is 4.50. The van der Waals surface area contributed by atoms with E-state index in [-0.39, 0.29) is 5.91 Å². The standard InChI is InChI=1S/C11H16N6O/c1-2-3-9-6-10(18)17(7-9)8-16-5-4-13-11(16)14-15-12/h4-5,9H,2-3,6-8H2,1H3. The molecule has 0 aliphatic carbocycles. The number of likely N-dealkylation sites (tertiary alicyclic amines) is 1. The molecule has 0 spiro atoms. The van der Waals surface area contributed by atoms with Crippen molar-refractivity contribution in [3.63, 3.8) is 0 Å². The van der Waals surface area contributed by atoms with E-state index in [1.807, 2.05) is 0 Å². The third-order valence-corrected chi connectivity index (χ3v) is 3.14. The summed E-state index contributed by atoms with van der Waals surface area (Å²) in [5, 5.41) is 3.48. The number of amides is 1. The van der Waals surface area contributed by atoms with E-state index in [0.29, 0.717) is 25.0 Å². The molecule has 1 aromatic rings. The van der Waals surface area contributed by atoms with Crippen LogP contribution in [0.25, 0.3) is 10.4 Å². The molecule has 0 saturated carbocycles. The first kappa shape index (κ1) is 12.4. The molecule has 1 atom stereocenters. The SMILES string of the molecule is CCCC1CC(=O)N(Cn2ccnc2N=[N+]=[N-])C1. The fraction of sp³-hybridized carbons (Fsp3) is 0.636. The lowest BCUT2D eigenvalue weighted by molar-refractivity contribution is -0.129. The molecule has 1 fully saturated rings. The van der Waals surface area contributed by atoms with Crippen molar-refractivity contribution >= 4 is 11.9 Å². The second kappa shape index (κ2) is 5.55. The number of rotatable bonds is 5. The molecular formula is C11H16N6O. The predicted molar refractivity (Wildman–Crippen MR) is 65.8 cm³/mol. The summed E-state index contributed by atoms with van der Waals surface area (Å²) in [6.07, 6.45) is 6.08. The molecule has 1 amide bonds. The van der Waals surface area contributed by atoms with Gasteiger partial charge in [-0.2, -0.15) is 0 Å². The van der Waals surface area contributed by atoms with Crippen LogP contribution < -0.4 is 0 Å². The van der Waals surface area contributed by atoms with E-state index in [1.54, 1.807) is 21.9 Å². The fourth-order valence-electron chi connectivity index (χ4n) is 2.33. The van der Waals surface area contributed by atoms with Crippen molar-refractivity contribution < 1.29 is 4.79 Å². The number of aromatic nitrogens is 2. The largest absolute Gasteiger partial charge is 0.324 e. The molecule has 0 aromatic carbocycles. The summed E-state index contributed by atoms with van der Waals surface area (Å²) in [5.41, 5.74) is 8.41. The summed E-state index contributed by atoms with van der Waals surface area (Å²) < 4.78 is 1.69. The minimum atomic E-state index is 0.161. The summed E-state index contributed by atoms with van der Waals surface area (Å²) >= 11 is 0. The van der Waals surface area contributed by atoms with Gasteiger partial charge in [0.05, 0.1) is 6.67 Å². The zero-order valence-corrected chi connectivity index (χ0v) is 10.4. The van der Waals surface area contributed by atoms with Crippen molar-refractivity contribution in [3.8, 4) is 0 Å². The summed E-state index contributed by atoms with van der Waals surface area (Å²) in [4.78, 5) is 20.3. The van der Waals surface area contributed by atoms with Crippen LogP contribution in [-0.4, -0.2) is 26.9 Å². The Bertz CT molecular complexity index is 476. The predicted octanol–water partition coefficient (Wildman–Crippen LogP) is 2.43. The Morgan fingerprint density at radius 1 is 1.67 bits per heavy atom. The van der Waals surface area contributed by atoms with Crippen molar-refractivity contribution in [2.75, 3.05) is 6.54 Å². The van der Waals surface area contributed by atoms with Gasteiger partial charge in [0.25, 0.3) is 0 Å². The Morgan fingerprint density at radius 2 is 2.50 bits per heavy atom. The highest BCUT2D eigenvalue weighted by Gasteiger charge is 2.28. The molecule has 1 aromatic heterocycles. The lowest BCUT2D eigenvalue weighted by atomic mass is 10.0. The first-order chi connectivity index (χ1) is 8.74. The average molecular weight is 248 g/mol. The molecule has 96 valence electrons. The van der Waals surface area contributed by atoms with Gasteiger partial charge in [0, 0.05) is 30.3 Å². The van der Waals surface area contributed by atoms with Crippen molar-refractivity contribution in [2.45, 2.75) is 32.9 Å². The van der Waals surface area contributed by atoms with Gasteiger partial charge in [0.2, 0.25) is 5.91 Å². The maximum Gasteiger partial charge on any atom is 0.224 e. The molecule has 1 saturated heterocycles. The summed E-state index contributed by atoms with van der Waals surface area (Å²) in [6, 6.07) is 0. The maximum absolute atomic E-state index is 11.8. The zero-order chi connectivity index (χ0) is 13.0. The van der Waals surface area contributed by atoms with Gasteiger partial charge in [-0.05, 0) is 23.0 Å². The van der Waals surface area contributed by atoms with E-state index < -0.39 is 0 Å². The van der Waals surface area contributed by atoms with Gasteiger partial charge in [-0.1, -0.05) is 13.3 Å². The van der Waals surface area contributed by atoms with E-state index in [2.05, 4.69) is 21.9 Å². The molecule has 7 heteroatoms. The molecule has 1 aliphatic heterocycles. The van der Waals surface area contributed by atoms with Gasteiger partial charge in [0.15, 0.2) is 5.95 Å². The molecule has 1 unspecified atom stereocenters. The van der Waals surface area contributed by atoms with E-state index in [0.717, 1.165) is 19.4 Å². The van der Waals surface area contributed by atoms with E-state index in [1.165, 1.54) is 0 Å². The van der Waals surface area contributed by atoms with Crippen LogP contribution in [0.15, 0.2) is 17.5 Å². The Labute approximate surface area is 105 Å². The number of carbonyl (C=O) groups excluding carboxylic acids is 1. The summed E-state index contributed by atoms with van der Waals surface area (Å²) in [5.74, 6) is 0.909. The first-order valence-corrected chi connectivity index (χ1v) is 6.08. The van der Waals surface area contributed by atoms with Crippen LogP contribution in [0.4, 0.5) is 5.95 Å². The third-order valence-electron chi connectivity index (χ3n) is 3.14. The molecule has 7 nitrogen and oxygen atoms in total. The number of hydrogen-bond donors (Lipinski definition) is 0. The lowest BCUT2D eigenvalue weighted by Gasteiger charge is -2.17. The molecule has 1 aliphatic rings. The second-order valence-corrected chi connectivity index (χ2v) is 4.50. The fourth-order valence-corrected chi connectivity index (χ4v) is 2.33. The van der Waals surface area contributed by atoms with Gasteiger partial charge in [0.1, 0.15) is 0 Å². The quantitative estimate of drug-likeness (QED) is 0.455. The topological polar surface area (TPSA) is 86.9 Å². The van der Waals surface area contributed by atoms with Gasteiger partial charge in [-0.25, -0.2) is 4.98 Å². The molecular weight excluding hydrogens is 232 g/mol. The first-order valence-electron chi connectivity index (χ1n) is 6.08. The van der Waals surface area contributed by atoms with Crippen LogP contribution in [0.1, 0.15) is 26.2 Å². The van der Waals surface area contributed by atoms with Crippen molar-refractivity contribution in [1.29, 1.82) is 0 Å². The van der Waals surface area contributed by atoms with Crippen molar-refractivity contribution in [3.05, 3.63) is 22.8 Å². The monoisotopic (exact) mass is 248 g/mol. The normalized spacial score (nSPS) is 19.1. The van der Waals surface area contributed by atoms with Crippen LogP contribution in [0.3, 0.4) is 0 Å². The molecule has 2 rings (SSSR count). The Kier molecular flexibility index (Phi) is 3.84. The molecule has 2 heterocycles. The van der Waals surface area contributed by atoms with Crippen LogP contribution in [0.5, 0.6) is 0 Å².